The highest BCUT2D eigenvalue weighted by atomic mass is 35.5. The Kier molecular flexibility index (Phi) is 5.99. The molecule has 0 aliphatic carbocycles. The molecular formula is C28H26ClN3O3. The third-order valence-electron chi connectivity index (χ3n) is 6.56. The molecule has 1 aliphatic rings. The van der Waals surface area contributed by atoms with Gasteiger partial charge in [0.05, 0.1) is 18.5 Å². The summed E-state index contributed by atoms with van der Waals surface area (Å²) in [5, 5.41) is 3.68. The number of hydrogen-bond donors (Lipinski definition) is 1. The smallest absolute Gasteiger partial charge is 0.271 e. The van der Waals surface area contributed by atoms with Crippen molar-refractivity contribution in [1.29, 1.82) is 0 Å². The van der Waals surface area contributed by atoms with Crippen LogP contribution in [0.2, 0.25) is 5.02 Å². The number of fused-ring (bicyclic) bond motifs is 1. The van der Waals surface area contributed by atoms with E-state index in [0.717, 1.165) is 22.4 Å². The Bertz CT molecular complexity index is 1370. The summed E-state index contributed by atoms with van der Waals surface area (Å²) < 4.78 is 7.49. The summed E-state index contributed by atoms with van der Waals surface area (Å²) in [5.74, 6) is 0.234. The minimum atomic E-state index is -1.12. The van der Waals surface area contributed by atoms with Gasteiger partial charge in [-0.1, -0.05) is 53.6 Å². The second-order valence-corrected chi connectivity index (χ2v) is 9.57. The van der Waals surface area contributed by atoms with Crippen LogP contribution in [0.5, 0.6) is 0 Å². The first kappa shape index (κ1) is 23.0. The molecule has 0 saturated carbocycles. The molecule has 2 aromatic carbocycles. The van der Waals surface area contributed by atoms with Crippen molar-refractivity contribution in [1.82, 2.24) is 14.8 Å². The molecule has 1 aliphatic heterocycles. The number of aromatic nitrogens is 1. The fourth-order valence-corrected chi connectivity index (χ4v) is 4.75. The van der Waals surface area contributed by atoms with Gasteiger partial charge in [-0.15, -0.1) is 0 Å². The molecule has 0 unspecified atom stereocenters. The second-order valence-electron chi connectivity index (χ2n) is 9.13. The SMILES string of the molecule is Cc1cccc(CN2C(=O)c3ccc(-c4ccco4)n3C[C@]2(C)C(=O)NCc2ccc(Cl)cc2)c1. The van der Waals surface area contributed by atoms with Gasteiger partial charge >= 0.3 is 0 Å². The van der Waals surface area contributed by atoms with Crippen LogP contribution in [0.1, 0.15) is 34.1 Å². The summed E-state index contributed by atoms with van der Waals surface area (Å²) in [6.45, 7) is 4.80. The fraction of sp³-hybridized carbons (Fsp3) is 0.214. The zero-order chi connectivity index (χ0) is 24.6. The maximum absolute atomic E-state index is 13.8. The summed E-state index contributed by atoms with van der Waals surface area (Å²) in [5.41, 5.74) is 3.18. The van der Waals surface area contributed by atoms with Crippen LogP contribution in [0.15, 0.2) is 83.5 Å². The number of hydrogen-bond acceptors (Lipinski definition) is 3. The van der Waals surface area contributed by atoms with Crippen molar-refractivity contribution in [3.8, 4) is 11.5 Å². The average molecular weight is 488 g/mol. The van der Waals surface area contributed by atoms with Gasteiger partial charge in [0.15, 0.2) is 0 Å². The second kappa shape index (κ2) is 9.12. The maximum atomic E-state index is 13.8. The lowest BCUT2D eigenvalue weighted by molar-refractivity contribution is -0.133. The van der Waals surface area contributed by atoms with Gasteiger partial charge in [-0.05, 0) is 61.4 Å². The zero-order valence-electron chi connectivity index (χ0n) is 19.6. The van der Waals surface area contributed by atoms with Gasteiger partial charge in [-0.25, -0.2) is 0 Å². The van der Waals surface area contributed by atoms with E-state index in [1.54, 1.807) is 29.4 Å². The summed E-state index contributed by atoms with van der Waals surface area (Å²) in [6, 6.07) is 22.7. The van der Waals surface area contributed by atoms with Gasteiger partial charge in [0, 0.05) is 18.1 Å². The molecule has 3 heterocycles. The highest BCUT2D eigenvalue weighted by Crippen LogP contribution is 2.34. The molecule has 2 amide bonds. The van der Waals surface area contributed by atoms with Gasteiger partial charge < -0.3 is 19.2 Å². The van der Waals surface area contributed by atoms with E-state index in [4.69, 9.17) is 16.0 Å². The predicted molar refractivity (Wildman–Crippen MR) is 135 cm³/mol. The van der Waals surface area contributed by atoms with Crippen LogP contribution in [-0.4, -0.2) is 26.8 Å². The van der Waals surface area contributed by atoms with Gasteiger partial charge in [-0.3, -0.25) is 9.59 Å². The fourth-order valence-electron chi connectivity index (χ4n) is 4.63. The lowest BCUT2D eigenvalue weighted by Crippen LogP contribution is -2.63. The van der Waals surface area contributed by atoms with E-state index in [2.05, 4.69) is 5.32 Å². The molecule has 0 saturated heterocycles. The first-order valence-corrected chi connectivity index (χ1v) is 11.9. The Balaban J connectivity index is 1.50. The van der Waals surface area contributed by atoms with Gasteiger partial charge in [0.25, 0.3) is 5.91 Å². The summed E-state index contributed by atoms with van der Waals surface area (Å²) >= 11 is 5.99. The van der Waals surface area contributed by atoms with Crippen LogP contribution in [0, 0.1) is 6.92 Å². The van der Waals surface area contributed by atoms with E-state index >= 15 is 0 Å². The van der Waals surface area contributed by atoms with Crippen LogP contribution in [0.3, 0.4) is 0 Å². The summed E-state index contributed by atoms with van der Waals surface area (Å²) in [7, 11) is 0. The van der Waals surface area contributed by atoms with Crippen LogP contribution < -0.4 is 5.32 Å². The third-order valence-corrected chi connectivity index (χ3v) is 6.81. The van der Waals surface area contributed by atoms with Crippen molar-refractivity contribution in [2.24, 2.45) is 0 Å². The van der Waals surface area contributed by atoms with Crippen molar-refractivity contribution >= 4 is 23.4 Å². The molecule has 1 N–H and O–H groups in total. The number of benzene rings is 2. The molecular weight excluding hydrogens is 462 g/mol. The minimum Gasteiger partial charge on any atom is -0.463 e. The van der Waals surface area contributed by atoms with E-state index in [-0.39, 0.29) is 11.8 Å². The molecule has 35 heavy (non-hydrogen) atoms. The number of nitrogens with one attached hydrogen (secondary N) is 1. The normalized spacial score (nSPS) is 17.3. The number of halogens is 1. The number of amides is 2. The summed E-state index contributed by atoms with van der Waals surface area (Å²) in [6.07, 6.45) is 1.60. The van der Waals surface area contributed by atoms with Crippen molar-refractivity contribution in [2.45, 2.75) is 39.0 Å². The van der Waals surface area contributed by atoms with E-state index in [1.165, 1.54) is 0 Å². The Morgan fingerprint density at radius 2 is 1.80 bits per heavy atom. The number of carbonyl (C=O) groups is 2. The van der Waals surface area contributed by atoms with Crippen LogP contribution in [0.4, 0.5) is 0 Å². The molecule has 0 radical (unpaired) electrons. The molecule has 178 valence electrons. The van der Waals surface area contributed by atoms with Gasteiger partial charge in [-0.2, -0.15) is 0 Å². The number of aryl methyl sites for hydroxylation is 1. The van der Waals surface area contributed by atoms with E-state index < -0.39 is 5.54 Å². The number of furan rings is 1. The standard InChI is InChI=1S/C28H26ClN3O3/c1-19-5-3-6-21(15-19)17-32-26(33)24-13-12-23(25-7-4-14-35-25)31(24)18-28(32,2)27(34)30-16-20-8-10-22(29)11-9-20/h3-15H,16-18H2,1-2H3,(H,30,34)/t28-/m1/s1. The van der Waals surface area contributed by atoms with Crippen molar-refractivity contribution in [2.75, 3.05) is 0 Å². The number of nitrogens with zero attached hydrogens (tertiary/aromatic N) is 2. The topological polar surface area (TPSA) is 67.5 Å². The molecule has 7 heteroatoms. The van der Waals surface area contributed by atoms with E-state index in [9.17, 15) is 9.59 Å². The Morgan fingerprint density at radius 1 is 1.03 bits per heavy atom. The molecule has 0 fully saturated rings. The highest BCUT2D eigenvalue weighted by Gasteiger charge is 2.47. The average Bonchev–Trinajstić information content (AvgIpc) is 3.51. The molecule has 5 rings (SSSR count). The number of carbonyl (C=O) groups excluding carboxylic acids is 2. The lowest BCUT2D eigenvalue weighted by Gasteiger charge is -2.44. The minimum absolute atomic E-state index is 0.195. The highest BCUT2D eigenvalue weighted by molar-refractivity contribution is 6.30. The van der Waals surface area contributed by atoms with Crippen LogP contribution in [0.25, 0.3) is 11.5 Å². The first-order chi connectivity index (χ1) is 16.8. The molecule has 6 nitrogen and oxygen atoms in total. The maximum Gasteiger partial charge on any atom is 0.271 e. The Labute approximate surface area is 209 Å². The quantitative estimate of drug-likeness (QED) is 0.393. The molecule has 1 atom stereocenters. The number of rotatable bonds is 6. The van der Waals surface area contributed by atoms with Crippen molar-refractivity contribution in [3.05, 3.63) is 106 Å². The predicted octanol–water partition coefficient (Wildman–Crippen LogP) is 5.44. The van der Waals surface area contributed by atoms with E-state index in [1.807, 2.05) is 73.0 Å². The lowest BCUT2D eigenvalue weighted by atomic mass is 9.93. The van der Waals surface area contributed by atoms with Gasteiger partial charge in [0.1, 0.15) is 17.0 Å². The zero-order valence-corrected chi connectivity index (χ0v) is 20.4. The van der Waals surface area contributed by atoms with Crippen molar-refractivity contribution in [3.63, 3.8) is 0 Å². The van der Waals surface area contributed by atoms with Gasteiger partial charge in [0.2, 0.25) is 5.91 Å². The molecule has 0 spiro atoms. The van der Waals surface area contributed by atoms with E-state index in [0.29, 0.717) is 36.1 Å². The summed E-state index contributed by atoms with van der Waals surface area (Å²) in [4.78, 5) is 29.2. The monoisotopic (exact) mass is 487 g/mol. The van der Waals surface area contributed by atoms with Crippen LogP contribution in [-0.2, 0) is 24.4 Å². The molecule has 4 aromatic rings. The molecule has 0 bridgehead atoms. The van der Waals surface area contributed by atoms with Crippen LogP contribution >= 0.6 is 11.6 Å². The largest absolute Gasteiger partial charge is 0.463 e. The molecule has 2 aromatic heterocycles. The third kappa shape index (κ3) is 4.37. The Morgan fingerprint density at radius 3 is 2.51 bits per heavy atom. The Hall–Kier alpha value is -3.77. The first-order valence-electron chi connectivity index (χ1n) is 11.5. The van der Waals surface area contributed by atoms with Crippen molar-refractivity contribution < 1.29 is 14.0 Å².